The van der Waals surface area contributed by atoms with Crippen LogP contribution in [0.3, 0.4) is 0 Å². The molecule has 10 heteroatoms. The van der Waals surface area contributed by atoms with Gasteiger partial charge in [0.15, 0.2) is 6.10 Å². The van der Waals surface area contributed by atoms with Gasteiger partial charge in [-0.05, 0) is 6.07 Å². The summed E-state index contributed by atoms with van der Waals surface area (Å²) in [5.74, 6) is -0.926. The highest BCUT2D eigenvalue weighted by molar-refractivity contribution is 5.91. The highest BCUT2D eigenvalue weighted by atomic mass is 19.4. The van der Waals surface area contributed by atoms with Crippen LogP contribution in [0.5, 0.6) is 0 Å². The summed E-state index contributed by atoms with van der Waals surface area (Å²) in [6.45, 7) is -0.715. The van der Waals surface area contributed by atoms with Crippen molar-refractivity contribution in [1.29, 1.82) is 0 Å². The molecular weight excluding hydrogens is 295 g/mol. The van der Waals surface area contributed by atoms with Crippen molar-refractivity contribution in [3.05, 3.63) is 28.2 Å². The van der Waals surface area contributed by atoms with Gasteiger partial charge >= 0.3 is 6.18 Å². The number of carbonyl (C=O) groups excluding carboxylic acids is 1. The molecule has 0 saturated carbocycles. The number of aromatic nitrogens is 2. The lowest BCUT2D eigenvalue weighted by Gasteiger charge is -2.14. The number of amides is 1. The van der Waals surface area contributed by atoms with Gasteiger partial charge in [-0.2, -0.15) is 18.3 Å². The number of aliphatic hydroxyl groups excluding tert-OH is 1. The molecule has 0 aliphatic heterocycles. The van der Waals surface area contributed by atoms with Crippen LogP contribution in [0.15, 0.2) is 16.9 Å². The van der Waals surface area contributed by atoms with Crippen LogP contribution in [-0.2, 0) is 11.3 Å². The van der Waals surface area contributed by atoms with Gasteiger partial charge in [-0.25, -0.2) is 4.68 Å². The number of hydrogen-bond donors (Lipinski definition) is 2. The van der Waals surface area contributed by atoms with Crippen molar-refractivity contribution in [3.63, 3.8) is 0 Å². The summed E-state index contributed by atoms with van der Waals surface area (Å²) in [5.41, 5.74) is -0.709. The van der Waals surface area contributed by atoms with E-state index in [0.717, 1.165) is 16.8 Å². The number of carbonyl (C=O) groups is 1. The van der Waals surface area contributed by atoms with Gasteiger partial charge < -0.3 is 15.2 Å². The summed E-state index contributed by atoms with van der Waals surface area (Å²) in [7, 11) is 1.42. The second-order valence-corrected chi connectivity index (χ2v) is 4.04. The summed E-state index contributed by atoms with van der Waals surface area (Å²) in [5, 5.41) is 14.4. The van der Waals surface area contributed by atoms with Gasteiger partial charge in [0.2, 0.25) is 0 Å². The first kappa shape index (κ1) is 17.1. The molecule has 0 bridgehead atoms. The molecule has 0 saturated heterocycles. The number of halogens is 3. The Kier molecular flexibility index (Phi) is 5.85. The van der Waals surface area contributed by atoms with Crippen molar-refractivity contribution in [2.75, 3.05) is 20.3 Å². The maximum Gasteiger partial charge on any atom is 0.416 e. The van der Waals surface area contributed by atoms with Crippen molar-refractivity contribution in [2.24, 2.45) is 0 Å². The van der Waals surface area contributed by atoms with Crippen molar-refractivity contribution < 1.29 is 27.8 Å². The Balaban J connectivity index is 2.72. The zero-order valence-corrected chi connectivity index (χ0v) is 11.1. The molecule has 1 aromatic rings. The van der Waals surface area contributed by atoms with Gasteiger partial charge in [0.1, 0.15) is 5.69 Å². The van der Waals surface area contributed by atoms with Gasteiger partial charge in [0.25, 0.3) is 11.5 Å². The van der Waals surface area contributed by atoms with Crippen LogP contribution in [0.4, 0.5) is 13.2 Å². The van der Waals surface area contributed by atoms with E-state index in [9.17, 15) is 22.8 Å². The molecule has 1 atom stereocenters. The van der Waals surface area contributed by atoms with E-state index in [1.165, 1.54) is 7.11 Å². The lowest BCUT2D eigenvalue weighted by molar-refractivity contribution is -0.201. The van der Waals surface area contributed by atoms with E-state index < -0.39 is 30.3 Å². The van der Waals surface area contributed by atoms with E-state index in [0.29, 0.717) is 0 Å². The van der Waals surface area contributed by atoms with E-state index in [4.69, 9.17) is 9.84 Å². The average Bonchev–Trinajstić information content (AvgIpc) is 2.42. The third kappa shape index (κ3) is 5.16. The third-order valence-corrected chi connectivity index (χ3v) is 2.44. The summed E-state index contributed by atoms with van der Waals surface area (Å²) in [6, 6.07) is 2.15. The number of nitrogens with zero attached hydrogens (tertiary/aromatic N) is 2. The van der Waals surface area contributed by atoms with Gasteiger partial charge in [-0.3, -0.25) is 9.59 Å². The second kappa shape index (κ2) is 7.18. The van der Waals surface area contributed by atoms with Crippen LogP contribution in [0.25, 0.3) is 0 Å². The minimum Gasteiger partial charge on any atom is -0.383 e. The van der Waals surface area contributed by atoms with Crippen LogP contribution in [0, 0.1) is 0 Å². The normalized spacial score (nSPS) is 13.0. The van der Waals surface area contributed by atoms with Crippen LogP contribution in [-0.4, -0.2) is 53.3 Å². The predicted octanol–water partition coefficient (Wildman–Crippen LogP) is -0.457. The smallest absolute Gasteiger partial charge is 0.383 e. The topological polar surface area (TPSA) is 93.5 Å². The number of ether oxygens (including phenoxy) is 1. The molecule has 1 heterocycles. The molecule has 118 valence electrons. The number of nitrogens with one attached hydrogen (secondary N) is 1. The fourth-order valence-electron chi connectivity index (χ4n) is 1.30. The number of hydrogen-bond acceptors (Lipinski definition) is 5. The highest BCUT2D eigenvalue weighted by Gasteiger charge is 2.38. The molecule has 0 aromatic carbocycles. The SMILES string of the molecule is COCCn1nc(C(=O)NCC(O)C(F)(F)F)ccc1=O. The van der Waals surface area contributed by atoms with Gasteiger partial charge in [0.05, 0.1) is 19.7 Å². The molecule has 21 heavy (non-hydrogen) atoms. The molecule has 0 aliphatic rings. The first-order chi connectivity index (χ1) is 9.75. The number of aliphatic hydroxyl groups is 1. The zero-order chi connectivity index (χ0) is 16.0. The first-order valence-electron chi connectivity index (χ1n) is 5.85. The molecule has 1 amide bonds. The minimum absolute atomic E-state index is 0.0988. The number of alkyl halides is 3. The van der Waals surface area contributed by atoms with E-state index in [1.54, 1.807) is 0 Å². The molecule has 1 unspecified atom stereocenters. The number of rotatable bonds is 6. The Morgan fingerprint density at radius 1 is 1.52 bits per heavy atom. The van der Waals surface area contributed by atoms with E-state index in [-0.39, 0.29) is 18.8 Å². The molecule has 0 aliphatic carbocycles. The Morgan fingerprint density at radius 3 is 2.76 bits per heavy atom. The zero-order valence-electron chi connectivity index (χ0n) is 11.1. The molecule has 1 aromatic heterocycles. The molecule has 0 fully saturated rings. The van der Waals surface area contributed by atoms with E-state index >= 15 is 0 Å². The standard InChI is InChI=1S/C11H14F3N3O4/c1-21-5-4-17-9(19)3-2-7(16-17)10(20)15-6-8(18)11(12,13)14/h2-3,8,18H,4-6H2,1H3,(H,15,20). The van der Waals surface area contributed by atoms with Crippen molar-refractivity contribution in [3.8, 4) is 0 Å². The van der Waals surface area contributed by atoms with Crippen LogP contribution in [0.1, 0.15) is 10.5 Å². The molecule has 2 N–H and O–H groups in total. The second-order valence-electron chi connectivity index (χ2n) is 4.04. The Labute approximate surface area is 117 Å². The lowest BCUT2D eigenvalue weighted by atomic mass is 10.3. The van der Waals surface area contributed by atoms with Crippen LogP contribution in [0.2, 0.25) is 0 Å². The largest absolute Gasteiger partial charge is 0.416 e. The molecule has 7 nitrogen and oxygen atoms in total. The molecule has 0 radical (unpaired) electrons. The maximum absolute atomic E-state index is 12.1. The summed E-state index contributed by atoms with van der Waals surface area (Å²) < 4.78 is 42.0. The predicted molar refractivity (Wildman–Crippen MR) is 64.8 cm³/mol. The number of methoxy groups -OCH3 is 1. The maximum atomic E-state index is 12.1. The Bertz CT molecular complexity index is 544. The van der Waals surface area contributed by atoms with Crippen molar-refractivity contribution in [2.45, 2.75) is 18.8 Å². The fraction of sp³-hybridized carbons (Fsp3) is 0.545. The first-order valence-corrected chi connectivity index (χ1v) is 5.85. The van der Waals surface area contributed by atoms with Gasteiger partial charge in [0, 0.05) is 13.2 Å². The van der Waals surface area contributed by atoms with E-state index in [2.05, 4.69) is 5.10 Å². The molecule has 0 spiro atoms. The molecule has 1 rings (SSSR count). The Morgan fingerprint density at radius 2 is 2.19 bits per heavy atom. The monoisotopic (exact) mass is 309 g/mol. The van der Waals surface area contributed by atoms with E-state index in [1.807, 2.05) is 5.32 Å². The van der Waals surface area contributed by atoms with Crippen molar-refractivity contribution >= 4 is 5.91 Å². The summed E-state index contributed by atoms with van der Waals surface area (Å²) in [6.07, 6.45) is -7.49. The van der Waals surface area contributed by atoms with Gasteiger partial charge in [-0.15, -0.1) is 0 Å². The lowest BCUT2D eigenvalue weighted by Crippen LogP contribution is -2.41. The summed E-state index contributed by atoms with van der Waals surface area (Å²) in [4.78, 5) is 23.0. The van der Waals surface area contributed by atoms with Gasteiger partial charge in [-0.1, -0.05) is 0 Å². The van der Waals surface area contributed by atoms with Crippen LogP contribution < -0.4 is 10.9 Å². The quantitative estimate of drug-likeness (QED) is 0.742. The fourth-order valence-corrected chi connectivity index (χ4v) is 1.30. The summed E-state index contributed by atoms with van der Waals surface area (Å²) >= 11 is 0. The van der Waals surface area contributed by atoms with Crippen LogP contribution >= 0.6 is 0 Å². The third-order valence-electron chi connectivity index (χ3n) is 2.44. The highest BCUT2D eigenvalue weighted by Crippen LogP contribution is 2.19. The van der Waals surface area contributed by atoms with Crippen molar-refractivity contribution in [1.82, 2.24) is 15.1 Å². The minimum atomic E-state index is -4.82. The average molecular weight is 309 g/mol. The molecular formula is C11H14F3N3O4. The Hall–Kier alpha value is -1.94.